The van der Waals surface area contributed by atoms with Crippen molar-refractivity contribution in [2.75, 3.05) is 0 Å². The van der Waals surface area contributed by atoms with Gasteiger partial charge in [0, 0.05) is 5.54 Å². The number of aryl methyl sites for hydroxylation is 1. The monoisotopic (exact) mass is 265 g/mol. The Morgan fingerprint density at radius 2 is 1.60 bits per heavy atom. The molecule has 2 aromatic carbocycles. The zero-order chi connectivity index (χ0) is 14.2. The van der Waals surface area contributed by atoms with Gasteiger partial charge in [-0.25, -0.2) is 0 Å². The van der Waals surface area contributed by atoms with E-state index in [2.05, 4.69) is 62.4 Å². The van der Waals surface area contributed by atoms with Crippen LogP contribution < -0.4 is 5.73 Å². The van der Waals surface area contributed by atoms with Crippen molar-refractivity contribution in [1.82, 2.24) is 0 Å². The topological polar surface area (TPSA) is 26.0 Å². The lowest BCUT2D eigenvalue weighted by Gasteiger charge is -2.35. The summed E-state index contributed by atoms with van der Waals surface area (Å²) in [6, 6.07) is 17.6. The molecule has 1 nitrogen and oxygen atoms in total. The van der Waals surface area contributed by atoms with Crippen LogP contribution in [0.5, 0.6) is 0 Å². The fourth-order valence-electron chi connectivity index (χ4n) is 3.21. The second-order valence-electron chi connectivity index (χ2n) is 6.38. The Balaban J connectivity index is 1.90. The Kier molecular flexibility index (Phi) is 3.39. The van der Waals surface area contributed by atoms with Crippen LogP contribution in [0.25, 0.3) is 0 Å². The van der Waals surface area contributed by atoms with Gasteiger partial charge in [0.25, 0.3) is 0 Å². The van der Waals surface area contributed by atoms with Crippen LogP contribution in [0.2, 0.25) is 0 Å². The van der Waals surface area contributed by atoms with Crippen LogP contribution in [0.15, 0.2) is 48.5 Å². The number of nitrogens with two attached hydrogens (primary N) is 1. The van der Waals surface area contributed by atoms with Gasteiger partial charge in [-0.3, -0.25) is 0 Å². The number of fused-ring (bicyclic) bond motifs is 1. The Hall–Kier alpha value is -1.60. The molecule has 0 radical (unpaired) electrons. The minimum atomic E-state index is -0.205. The van der Waals surface area contributed by atoms with Crippen LogP contribution in [0.4, 0.5) is 0 Å². The molecule has 0 fully saturated rings. The average molecular weight is 265 g/mol. The average Bonchev–Trinajstić information content (AvgIpc) is 2.47. The quantitative estimate of drug-likeness (QED) is 0.867. The van der Waals surface area contributed by atoms with Crippen LogP contribution in [-0.4, -0.2) is 0 Å². The van der Waals surface area contributed by atoms with Gasteiger partial charge in [0.05, 0.1) is 0 Å². The third-order valence-electron chi connectivity index (χ3n) is 4.62. The molecule has 104 valence electrons. The third kappa shape index (κ3) is 2.38. The summed E-state index contributed by atoms with van der Waals surface area (Å²) in [4.78, 5) is 0. The summed E-state index contributed by atoms with van der Waals surface area (Å²) in [5, 5.41) is 0. The molecule has 0 aromatic heterocycles. The van der Waals surface area contributed by atoms with Crippen LogP contribution in [-0.2, 0) is 18.4 Å². The van der Waals surface area contributed by atoms with Gasteiger partial charge in [0.2, 0.25) is 0 Å². The van der Waals surface area contributed by atoms with E-state index in [1.807, 2.05) is 0 Å². The molecule has 0 bridgehead atoms. The number of benzene rings is 2. The number of hydrogen-bond donors (Lipinski definition) is 1. The zero-order valence-corrected chi connectivity index (χ0v) is 12.4. The molecule has 0 saturated carbocycles. The molecule has 1 atom stereocenters. The van der Waals surface area contributed by atoms with Crippen LogP contribution in [0, 0.1) is 0 Å². The van der Waals surface area contributed by atoms with E-state index in [9.17, 15) is 0 Å². The minimum Gasteiger partial charge on any atom is -0.321 e. The molecule has 0 saturated heterocycles. The molecule has 1 aliphatic rings. The van der Waals surface area contributed by atoms with Crippen molar-refractivity contribution in [2.24, 2.45) is 5.73 Å². The lowest BCUT2D eigenvalue weighted by molar-refractivity contribution is 0.385. The fourth-order valence-corrected chi connectivity index (χ4v) is 3.21. The van der Waals surface area contributed by atoms with Gasteiger partial charge in [-0.2, -0.15) is 0 Å². The van der Waals surface area contributed by atoms with Crippen molar-refractivity contribution < 1.29 is 0 Å². The molecule has 0 heterocycles. The lowest BCUT2D eigenvalue weighted by atomic mass is 9.74. The highest BCUT2D eigenvalue weighted by Gasteiger charge is 2.31. The van der Waals surface area contributed by atoms with Crippen molar-refractivity contribution in [3.8, 4) is 0 Å². The highest BCUT2D eigenvalue weighted by Crippen LogP contribution is 2.34. The number of rotatable bonds is 2. The largest absolute Gasteiger partial charge is 0.321 e. The highest BCUT2D eigenvalue weighted by atomic mass is 14.7. The predicted octanol–water partition coefficient (Wildman–Crippen LogP) is 4.15. The Morgan fingerprint density at radius 3 is 2.25 bits per heavy atom. The minimum absolute atomic E-state index is 0.205. The molecule has 1 aliphatic carbocycles. The van der Waals surface area contributed by atoms with Crippen molar-refractivity contribution >= 4 is 0 Å². The molecule has 2 aromatic rings. The molecular formula is C19H23N. The van der Waals surface area contributed by atoms with Crippen molar-refractivity contribution in [1.29, 1.82) is 0 Å². The van der Waals surface area contributed by atoms with Gasteiger partial charge in [-0.15, -0.1) is 0 Å². The Labute approximate surface area is 121 Å². The normalized spacial score (nSPS) is 21.8. The first-order valence-electron chi connectivity index (χ1n) is 7.54. The summed E-state index contributed by atoms with van der Waals surface area (Å²) in [5.41, 5.74) is 12.1. The first-order chi connectivity index (χ1) is 9.58. The molecule has 0 amide bonds. The van der Waals surface area contributed by atoms with E-state index in [0.717, 1.165) is 19.3 Å². The van der Waals surface area contributed by atoms with Gasteiger partial charge in [-0.05, 0) is 47.4 Å². The smallest absolute Gasteiger partial charge is 0.0453 e. The van der Waals surface area contributed by atoms with Crippen molar-refractivity contribution in [3.63, 3.8) is 0 Å². The van der Waals surface area contributed by atoms with E-state index in [4.69, 9.17) is 5.73 Å². The summed E-state index contributed by atoms with van der Waals surface area (Å²) < 4.78 is 0. The van der Waals surface area contributed by atoms with Gasteiger partial charge in [0.15, 0.2) is 0 Å². The van der Waals surface area contributed by atoms with Crippen LogP contribution in [0.3, 0.4) is 0 Å². The van der Waals surface area contributed by atoms with Crippen molar-refractivity contribution in [3.05, 3.63) is 70.8 Å². The maximum absolute atomic E-state index is 6.72. The SMILES string of the molecule is CC(C)c1ccc(C2(N)CCc3ccccc3C2)cc1. The molecule has 2 N–H and O–H groups in total. The van der Waals surface area contributed by atoms with E-state index >= 15 is 0 Å². The molecule has 1 unspecified atom stereocenters. The van der Waals surface area contributed by atoms with Gasteiger partial charge < -0.3 is 5.73 Å². The maximum Gasteiger partial charge on any atom is 0.0453 e. The molecule has 0 aliphatic heterocycles. The van der Waals surface area contributed by atoms with E-state index in [1.54, 1.807) is 0 Å². The Bertz CT molecular complexity index is 597. The van der Waals surface area contributed by atoms with Crippen molar-refractivity contribution in [2.45, 2.75) is 44.6 Å². The van der Waals surface area contributed by atoms with Crippen LogP contribution >= 0.6 is 0 Å². The summed E-state index contributed by atoms with van der Waals surface area (Å²) in [6.45, 7) is 4.45. The fraction of sp³-hybridized carbons (Fsp3) is 0.368. The van der Waals surface area contributed by atoms with Gasteiger partial charge in [0.1, 0.15) is 0 Å². The first-order valence-corrected chi connectivity index (χ1v) is 7.54. The summed E-state index contributed by atoms with van der Waals surface area (Å²) >= 11 is 0. The summed E-state index contributed by atoms with van der Waals surface area (Å²) in [5.74, 6) is 0.574. The van der Waals surface area contributed by atoms with E-state index < -0.39 is 0 Å². The van der Waals surface area contributed by atoms with Crippen LogP contribution in [0.1, 0.15) is 48.4 Å². The molecule has 1 heteroatoms. The molecule has 3 rings (SSSR count). The molecule has 20 heavy (non-hydrogen) atoms. The first kappa shape index (κ1) is 13.4. The third-order valence-corrected chi connectivity index (χ3v) is 4.62. The molecule has 0 spiro atoms. The zero-order valence-electron chi connectivity index (χ0n) is 12.4. The molecular weight excluding hydrogens is 242 g/mol. The number of hydrogen-bond acceptors (Lipinski definition) is 1. The summed E-state index contributed by atoms with van der Waals surface area (Å²) in [7, 11) is 0. The van der Waals surface area contributed by atoms with Gasteiger partial charge in [-0.1, -0.05) is 62.4 Å². The van der Waals surface area contributed by atoms with E-state index in [-0.39, 0.29) is 5.54 Å². The maximum atomic E-state index is 6.72. The second-order valence-corrected chi connectivity index (χ2v) is 6.38. The highest BCUT2D eigenvalue weighted by molar-refractivity contribution is 5.37. The van der Waals surface area contributed by atoms with E-state index in [0.29, 0.717) is 5.92 Å². The van der Waals surface area contributed by atoms with E-state index in [1.165, 1.54) is 22.3 Å². The van der Waals surface area contributed by atoms with Gasteiger partial charge >= 0.3 is 0 Å². The standard InChI is InChI=1S/C19H23N/c1-14(2)15-7-9-18(10-8-15)19(20)12-11-16-5-3-4-6-17(16)13-19/h3-10,14H,11-13,20H2,1-2H3. The second kappa shape index (κ2) is 5.06. The lowest BCUT2D eigenvalue weighted by Crippen LogP contribution is -2.42. The summed E-state index contributed by atoms with van der Waals surface area (Å²) in [6.07, 6.45) is 3.06. The predicted molar refractivity (Wildman–Crippen MR) is 84.9 cm³/mol. The Morgan fingerprint density at radius 1 is 0.950 bits per heavy atom.